The van der Waals surface area contributed by atoms with Crippen molar-refractivity contribution in [3.05, 3.63) is 41.6 Å². The molecule has 3 rings (SSSR count). The maximum atomic E-state index is 12.6. The van der Waals surface area contributed by atoms with Gasteiger partial charge in [0.25, 0.3) is 0 Å². The second-order valence-corrected chi connectivity index (χ2v) is 7.44. The summed E-state index contributed by atoms with van der Waals surface area (Å²) < 4.78 is 7.11. The summed E-state index contributed by atoms with van der Waals surface area (Å²) >= 11 is 0. The number of aromatic nitrogens is 2. The van der Waals surface area contributed by atoms with E-state index in [0.717, 1.165) is 31.6 Å². The Balaban J connectivity index is 1.55. The molecule has 8 nitrogen and oxygen atoms in total. The first kappa shape index (κ1) is 21.8. The number of carbonyl (C=O) groups excluding carboxylic acids is 1. The smallest absolute Gasteiger partial charge is 0.239 e. The molecule has 2 heterocycles. The zero-order chi connectivity index (χ0) is 21.3. The number of hydrogen-bond acceptors (Lipinski definition) is 6. The van der Waals surface area contributed by atoms with Crippen molar-refractivity contribution in [2.45, 2.75) is 38.6 Å². The number of nitrogens with one attached hydrogen (secondary N) is 1. The number of amides is 1. The van der Waals surface area contributed by atoms with E-state index in [9.17, 15) is 10.1 Å². The summed E-state index contributed by atoms with van der Waals surface area (Å²) in [6.45, 7) is 5.48. The van der Waals surface area contributed by atoms with E-state index in [1.807, 2.05) is 30.3 Å². The van der Waals surface area contributed by atoms with Crippen LogP contribution in [0, 0.1) is 11.3 Å². The number of para-hydroxylation sites is 1. The molecule has 0 radical (unpaired) electrons. The maximum absolute atomic E-state index is 12.6. The Morgan fingerprint density at radius 1 is 1.37 bits per heavy atom. The highest BCUT2D eigenvalue weighted by Gasteiger charge is 2.28. The fourth-order valence-corrected chi connectivity index (χ4v) is 3.63. The molecule has 0 unspecified atom stereocenters. The highest BCUT2D eigenvalue weighted by atomic mass is 16.5. The average Bonchev–Trinajstić information content (AvgIpc) is 3.11. The van der Waals surface area contributed by atoms with E-state index < -0.39 is 0 Å². The van der Waals surface area contributed by atoms with Gasteiger partial charge in [-0.25, -0.2) is 4.68 Å². The van der Waals surface area contributed by atoms with Crippen molar-refractivity contribution in [2.24, 2.45) is 0 Å². The lowest BCUT2D eigenvalue weighted by atomic mass is 10.1. The molecule has 0 saturated carbocycles. The Morgan fingerprint density at radius 2 is 2.17 bits per heavy atom. The average molecular weight is 411 g/mol. The third-order valence-electron chi connectivity index (χ3n) is 5.34. The summed E-state index contributed by atoms with van der Waals surface area (Å²) in [5.74, 6) is 0.342. The largest absolute Gasteiger partial charge is 0.382 e. The molecule has 1 fully saturated rings. The number of nitriles is 1. The molecule has 1 aromatic carbocycles. The number of morpholine rings is 1. The number of carbonyl (C=O) groups is 1. The summed E-state index contributed by atoms with van der Waals surface area (Å²) in [5.41, 5.74) is 8.01. The van der Waals surface area contributed by atoms with Gasteiger partial charge in [-0.2, -0.15) is 10.4 Å². The van der Waals surface area contributed by atoms with Crippen LogP contribution < -0.4 is 11.1 Å². The first-order valence-electron chi connectivity index (χ1n) is 10.6. The van der Waals surface area contributed by atoms with Gasteiger partial charge >= 0.3 is 0 Å². The molecule has 1 amide bonds. The number of nitrogens with zero attached hydrogens (tertiary/aromatic N) is 4. The lowest BCUT2D eigenvalue weighted by Crippen LogP contribution is -2.54. The number of nitrogens with two attached hydrogens (primary N) is 1. The highest BCUT2D eigenvalue weighted by molar-refractivity contribution is 5.82. The zero-order valence-electron chi connectivity index (χ0n) is 17.5. The standard InChI is InChI=1S/C22H30N6O2/c1-2-3-12-27-13-14-30-16-20(27)22(29)25-11-7-10-19-18(15-23)21(24)28(26-19)17-8-5-4-6-9-17/h4-6,8-9,20H,2-3,7,10-14,16,24H2,1H3,(H,25,29)/t20-/m0/s1. The van der Waals surface area contributed by atoms with Crippen LogP contribution in [0.15, 0.2) is 30.3 Å². The molecule has 2 aromatic rings. The van der Waals surface area contributed by atoms with Crippen LogP contribution in [0.1, 0.15) is 37.4 Å². The number of unbranched alkanes of at least 4 members (excludes halogenated alkanes) is 1. The molecule has 30 heavy (non-hydrogen) atoms. The second kappa shape index (κ2) is 10.8. The van der Waals surface area contributed by atoms with Gasteiger partial charge in [0.15, 0.2) is 0 Å². The van der Waals surface area contributed by atoms with Crippen molar-refractivity contribution in [1.29, 1.82) is 5.26 Å². The Hall–Kier alpha value is -2.89. The third kappa shape index (κ3) is 5.17. The number of hydrogen-bond donors (Lipinski definition) is 2. The van der Waals surface area contributed by atoms with Crippen LogP contribution in [0.5, 0.6) is 0 Å². The lowest BCUT2D eigenvalue weighted by Gasteiger charge is -2.34. The van der Waals surface area contributed by atoms with E-state index in [4.69, 9.17) is 10.5 Å². The van der Waals surface area contributed by atoms with Gasteiger partial charge in [0.1, 0.15) is 23.5 Å². The molecule has 0 aliphatic carbocycles. The van der Waals surface area contributed by atoms with Gasteiger partial charge in [0.2, 0.25) is 5.91 Å². The molecule has 1 aliphatic rings. The van der Waals surface area contributed by atoms with Crippen molar-refractivity contribution in [1.82, 2.24) is 20.0 Å². The molecule has 1 aliphatic heterocycles. The third-order valence-corrected chi connectivity index (χ3v) is 5.34. The van der Waals surface area contributed by atoms with Gasteiger partial charge in [-0.3, -0.25) is 9.69 Å². The molecule has 8 heteroatoms. The Kier molecular flexibility index (Phi) is 7.82. The predicted octanol–water partition coefficient (Wildman–Crippen LogP) is 1.88. The van der Waals surface area contributed by atoms with Crippen molar-refractivity contribution < 1.29 is 9.53 Å². The summed E-state index contributed by atoms with van der Waals surface area (Å²) in [4.78, 5) is 14.8. The molecule has 0 bridgehead atoms. The molecule has 1 atom stereocenters. The Labute approximate surface area is 177 Å². The summed E-state index contributed by atoms with van der Waals surface area (Å²) in [5, 5.41) is 17.0. The number of aryl methyl sites for hydroxylation is 1. The summed E-state index contributed by atoms with van der Waals surface area (Å²) in [7, 11) is 0. The van der Waals surface area contributed by atoms with E-state index in [2.05, 4.69) is 28.3 Å². The normalized spacial score (nSPS) is 16.9. The number of benzene rings is 1. The summed E-state index contributed by atoms with van der Waals surface area (Å²) in [6.07, 6.45) is 3.42. The first-order valence-corrected chi connectivity index (χ1v) is 10.6. The van der Waals surface area contributed by atoms with Crippen molar-refractivity contribution in [3.8, 4) is 11.8 Å². The van der Waals surface area contributed by atoms with E-state index in [1.54, 1.807) is 4.68 Å². The van der Waals surface area contributed by atoms with E-state index in [-0.39, 0.29) is 11.9 Å². The minimum Gasteiger partial charge on any atom is -0.382 e. The van der Waals surface area contributed by atoms with Gasteiger partial charge in [0.05, 0.1) is 24.6 Å². The number of rotatable bonds is 9. The van der Waals surface area contributed by atoms with Gasteiger partial charge in [0, 0.05) is 13.1 Å². The number of nitrogen functional groups attached to an aromatic ring is 1. The minimum atomic E-state index is -0.229. The molecule has 0 spiro atoms. The van der Waals surface area contributed by atoms with Crippen molar-refractivity contribution in [2.75, 3.05) is 38.6 Å². The molecule has 1 aromatic heterocycles. The molecular weight excluding hydrogens is 380 g/mol. The van der Waals surface area contributed by atoms with Crippen LogP contribution >= 0.6 is 0 Å². The van der Waals surface area contributed by atoms with E-state index in [0.29, 0.717) is 49.7 Å². The number of ether oxygens (including phenoxy) is 1. The highest BCUT2D eigenvalue weighted by Crippen LogP contribution is 2.21. The van der Waals surface area contributed by atoms with Crippen molar-refractivity contribution >= 4 is 11.7 Å². The van der Waals surface area contributed by atoms with E-state index >= 15 is 0 Å². The Bertz CT molecular complexity index is 874. The molecule has 3 N–H and O–H groups in total. The minimum absolute atomic E-state index is 0.000591. The topological polar surface area (TPSA) is 109 Å². The maximum Gasteiger partial charge on any atom is 0.239 e. The fraction of sp³-hybridized carbons (Fsp3) is 0.500. The SMILES string of the molecule is CCCCN1CCOC[C@H]1C(=O)NCCCc1nn(-c2ccccc2)c(N)c1C#N. The fourth-order valence-electron chi connectivity index (χ4n) is 3.63. The quantitative estimate of drug-likeness (QED) is 0.611. The first-order chi connectivity index (χ1) is 14.7. The summed E-state index contributed by atoms with van der Waals surface area (Å²) in [6, 6.07) is 11.4. The van der Waals surface area contributed by atoms with Crippen LogP contribution in [0.4, 0.5) is 5.82 Å². The van der Waals surface area contributed by atoms with Crippen LogP contribution in [-0.4, -0.2) is 59.5 Å². The van der Waals surface area contributed by atoms with Crippen LogP contribution in [0.25, 0.3) is 5.69 Å². The van der Waals surface area contributed by atoms with Gasteiger partial charge < -0.3 is 15.8 Å². The predicted molar refractivity (Wildman–Crippen MR) is 115 cm³/mol. The lowest BCUT2D eigenvalue weighted by molar-refractivity contribution is -0.132. The second-order valence-electron chi connectivity index (χ2n) is 7.44. The monoisotopic (exact) mass is 410 g/mol. The van der Waals surface area contributed by atoms with Gasteiger partial charge in [-0.1, -0.05) is 31.5 Å². The zero-order valence-corrected chi connectivity index (χ0v) is 17.5. The van der Waals surface area contributed by atoms with Crippen LogP contribution in [0.2, 0.25) is 0 Å². The molecular formula is C22H30N6O2. The Morgan fingerprint density at radius 3 is 2.90 bits per heavy atom. The van der Waals surface area contributed by atoms with E-state index in [1.165, 1.54) is 0 Å². The molecule has 160 valence electrons. The van der Waals surface area contributed by atoms with Crippen LogP contribution in [0.3, 0.4) is 0 Å². The van der Waals surface area contributed by atoms with Gasteiger partial charge in [-0.15, -0.1) is 0 Å². The van der Waals surface area contributed by atoms with Crippen molar-refractivity contribution in [3.63, 3.8) is 0 Å². The van der Waals surface area contributed by atoms with Gasteiger partial charge in [-0.05, 0) is 37.9 Å². The molecule has 1 saturated heterocycles. The number of anilines is 1. The van der Waals surface area contributed by atoms with Crippen LogP contribution in [-0.2, 0) is 16.0 Å².